The molecule has 0 amide bonds. The van der Waals surface area contributed by atoms with Gasteiger partial charge in [0, 0.05) is 47.5 Å². The summed E-state index contributed by atoms with van der Waals surface area (Å²) < 4.78 is 17.7. The van der Waals surface area contributed by atoms with Crippen LogP contribution >= 0.6 is 15.9 Å². The topological polar surface area (TPSA) is 69.0 Å². The van der Waals surface area contributed by atoms with E-state index in [1.165, 1.54) is 0 Å². The van der Waals surface area contributed by atoms with Crippen molar-refractivity contribution in [2.75, 3.05) is 32.8 Å². The van der Waals surface area contributed by atoms with Gasteiger partial charge in [-0.1, -0.05) is 34.1 Å². The number of fused-ring (bicyclic) bond motifs is 1. The summed E-state index contributed by atoms with van der Waals surface area (Å²) >= 11 is 3.51. The average molecular weight is 486 g/mol. The number of Topliss-reactive ketones (excluding diaryl/α,β-unsaturated/α-hetero) is 1. The summed E-state index contributed by atoms with van der Waals surface area (Å²) in [6, 6.07) is 13.1. The first-order valence-corrected chi connectivity index (χ1v) is 11.1. The van der Waals surface area contributed by atoms with E-state index in [-0.39, 0.29) is 17.8 Å². The monoisotopic (exact) mass is 485 g/mol. The van der Waals surface area contributed by atoms with Crippen molar-refractivity contribution in [1.82, 2.24) is 4.90 Å². The van der Waals surface area contributed by atoms with Crippen LogP contribution in [0, 0.1) is 6.92 Å². The quantitative estimate of drug-likeness (QED) is 0.366. The number of ether oxygens (including phenoxy) is 2. The van der Waals surface area contributed by atoms with Gasteiger partial charge in [0.2, 0.25) is 0 Å². The summed E-state index contributed by atoms with van der Waals surface area (Å²) in [5, 5.41) is 0.738. The SMILES string of the molecule is Cc1cc(OCc2ccccc2Br)cc2oc(=O)c(C(=O)CCN3CCOCC3)cc12. The summed E-state index contributed by atoms with van der Waals surface area (Å²) in [5.41, 5.74) is 1.80. The lowest BCUT2D eigenvalue weighted by Gasteiger charge is -2.26. The van der Waals surface area contributed by atoms with Crippen LogP contribution in [0.3, 0.4) is 0 Å². The van der Waals surface area contributed by atoms with Gasteiger partial charge >= 0.3 is 5.63 Å². The number of rotatable bonds is 7. The highest BCUT2D eigenvalue weighted by molar-refractivity contribution is 9.10. The van der Waals surface area contributed by atoms with Gasteiger partial charge in [-0.05, 0) is 30.7 Å². The predicted octanol–water partition coefficient (Wildman–Crippen LogP) is 4.35. The molecule has 1 aliphatic heterocycles. The van der Waals surface area contributed by atoms with Crippen LogP contribution in [-0.2, 0) is 11.3 Å². The van der Waals surface area contributed by atoms with Crippen molar-refractivity contribution in [1.29, 1.82) is 0 Å². The summed E-state index contributed by atoms with van der Waals surface area (Å²) in [7, 11) is 0. The standard InChI is InChI=1S/C24H24BrNO5/c1-16-12-18(30-15-17-4-2-3-5-21(17)25)13-23-19(16)14-20(24(28)31-23)22(27)6-7-26-8-10-29-11-9-26/h2-5,12-14H,6-11,15H2,1H3. The molecule has 162 valence electrons. The molecule has 6 nitrogen and oxygen atoms in total. The first-order valence-electron chi connectivity index (χ1n) is 10.3. The first kappa shape index (κ1) is 21.7. The number of benzene rings is 2. The van der Waals surface area contributed by atoms with E-state index in [0.717, 1.165) is 34.1 Å². The summed E-state index contributed by atoms with van der Waals surface area (Å²) in [6.07, 6.45) is 0.280. The third kappa shape index (κ3) is 5.23. The van der Waals surface area contributed by atoms with Gasteiger partial charge in [-0.2, -0.15) is 0 Å². The lowest BCUT2D eigenvalue weighted by Crippen LogP contribution is -2.37. The van der Waals surface area contributed by atoms with Crippen LogP contribution in [0.25, 0.3) is 11.0 Å². The number of aryl methyl sites for hydroxylation is 1. The number of carbonyl (C=O) groups is 1. The molecule has 3 aromatic rings. The van der Waals surface area contributed by atoms with E-state index in [9.17, 15) is 9.59 Å². The second-order valence-electron chi connectivity index (χ2n) is 7.61. The summed E-state index contributed by atoms with van der Waals surface area (Å²) in [6.45, 7) is 5.88. The molecule has 0 N–H and O–H groups in total. The number of hydrogen-bond acceptors (Lipinski definition) is 6. The van der Waals surface area contributed by atoms with Crippen molar-refractivity contribution in [2.45, 2.75) is 20.0 Å². The van der Waals surface area contributed by atoms with E-state index in [4.69, 9.17) is 13.9 Å². The highest BCUT2D eigenvalue weighted by Crippen LogP contribution is 2.26. The maximum atomic E-state index is 12.7. The molecule has 1 saturated heterocycles. The van der Waals surface area contributed by atoms with Gasteiger partial charge in [-0.3, -0.25) is 9.69 Å². The Morgan fingerprint density at radius 1 is 1.16 bits per heavy atom. The second kappa shape index (κ2) is 9.77. The predicted molar refractivity (Wildman–Crippen MR) is 122 cm³/mol. The van der Waals surface area contributed by atoms with Crippen molar-refractivity contribution in [3.8, 4) is 5.75 Å². The van der Waals surface area contributed by atoms with Crippen LogP contribution in [0.2, 0.25) is 0 Å². The van der Waals surface area contributed by atoms with Gasteiger partial charge in [0.1, 0.15) is 23.5 Å². The highest BCUT2D eigenvalue weighted by atomic mass is 79.9. The maximum absolute atomic E-state index is 12.7. The largest absolute Gasteiger partial charge is 0.489 e. The normalized spacial score (nSPS) is 14.6. The third-order valence-electron chi connectivity index (χ3n) is 5.45. The van der Waals surface area contributed by atoms with Crippen LogP contribution in [0.15, 0.2) is 56.1 Å². The molecule has 2 aromatic carbocycles. The van der Waals surface area contributed by atoms with E-state index in [2.05, 4.69) is 20.8 Å². The van der Waals surface area contributed by atoms with Gasteiger partial charge in [0.15, 0.2) is 5.78 Å². The van der Waals surface area contributed by atoms with E-state index >= 15 is 0 Å². The van der Waals surface area contributed by atoms with Crippen molar-refractivity contribution >= 4 is 32.7 Å². The molecule has 0 unspecified atom stereocenters. The molecule has 1 fully saturated rings. The first-order chi connectivity index (χ1) is 15.0. The molecule has 0 saturated carbocycles. The van der Waals surface area contributed by atoms with E-state index in [1.54, 1.807) is 12.1 Å². The van der Waals surface area contributed by atoms with Crippen molar-refractivity contribution in [3.05, 3.63) is 74.0 Å². The van der Waals surface area contributed by atoms with Gasteiger partial charge < -0.3 is 13.9 Å². The van der Waals surface area contributed by atoms with Gasteiger partial charge in [-0.25, -0.2) is 4.79 Å². The zero-order valence-electron chi connectivity index (χ0n) is 17.4. The van der Waals surface area contributed by atoms with Gasteiger partial charge in [-0.15, -0.1) is 0 Å². The Labute approximate surface area is 188 Å². The van der Waals surface area contributed by atoms with E-state index in [1.807, 2.05) is 37.3 Å². The van der Waals surface area contributed by atoms with Gasteiger partial charge in [0.25, 0.3) is 0 Å². The minimum absolute atomic E-state index is 0.103. The molecule has 0 spiro atoms. The number of halogens is 1. The van der Waals surface area contributed by atoms with E-state index in [0.29, 0.717) is 37.7 Å². The molecule has 1 aliphatic rings. The molecule has 1 aromatic heterocycles. The molecule has 0 aliphatic carbocycles. The molecule has 2 heterocycles. The van der Waals surface area contributed by atoms with Crippen molar-refractivity contribution < 1.29 is 18.7 Å². The Morgan fingerprint density at radius 3 is 2.71 bits per heavy atom. The molecule has 0 atom stereocenters. The molecular formula is C24H24BrNO5. The van der Waals surface area contributed by atoms with Crippen LogP contribution in [0.4, 0.5) is 0 Å². The highest BCUT2D eigenvalue weighted by Gasteiger charge is 2.18. The van der Waals surface area contributed by atoms with Crippen molar-refractivity contribution in [2.24, 2.45) is 0 Å². The van der Waals surface area contributed by atoms with Gasteiger partial charge in [0.05, 0.1) is 13.2 Å². The zero-order valence-corrected chi connectivity index (χ0v) is 18.9. The Balaban J connectivity index is 1.51. The number of morpholine rings is 1. The zero-order chi connectivity index (χ0) is 21.8. The van der Waals surface area contributed by atoms with Crippen LogP contribution in [0.5, 0.6) is 5.75 Å². The molecule has 4 rings (SSSR count). The molecular weight excluding hydrogens is 462 g/mol. The van der Waals surface area contributed by atoms with Crippen molar-refractivity contribution in [3.63, 3.8) is 0 Å². The van der Waals surface area contributed by atoms with E-state index < -0.39 is 5.63 Å². The fourth-order valence-corrected chi connectivity index (χ4v) is 4.03. The molecule has 31 heavy (non-hydrogen) atoms. The number of carbonyl (C=O) groups excluding carboxylic acids is 1. The Morgan fingerprint density at radius 2 is 1.94 bits per heavy atom. The third-order valence-corrected chi connectivity index (χ3v) is 6.22. The second-order valence-corrected chi connectivity index (χ2v) is 8.46. The molecule has 0 bridgehead atoms. The minimum atomic E-state index is -0.609. The van der Waals surface area contributed by atoms with Crippen LogP contribution in [-0.4, -0.2) is 43.5 Å². The Hall–Kier alpha value is -2.48. The maximum Gasteiger partial charge on any atom is 0.347 e. The average Bonchev–Trinajstić information content (AvgIpc) is 2.77. The smallest absolute Gasteiger partial charge is 0.347 e. The lowest BCUT2D eigenvalue weighted by molar-refractivity contribution is 0.0370. The number of nitrogens with zero attached hydrogens (tertiary/aromatic N) is 1. The van der Waals surface area contributed by atoms with Crippen LogP contribution in [0.1, 0.15) is 27.9 Å². The lowest BCUT2D eigenvalue weighted by atomic mass is 10.0. The summed E-state index contributed by atoms with van der Waals surface area (Å²) in [4.78, 5) is 27.3. The fourth-order valence-electron chi connectivity index (χ4n) is 3.63. The van der Waals surface area contributed by atoms with Crippen LogP contribution < -0.4 is 10.4 Å². The Kier molecular flexibility index (Phi) is 6.85. The Bertz CT molecular complexity index is 1150. The fraction of sp³-hybridized carbons (Fsp3) is 0.333. The molecule has 0 radical (unpaired) electrons. The summed E-state index contributed by atoms with van der Waals surface area (Å²) in [5.74, 6) is 0.408. The minimum Gasteiger partial charge on any atom is -0.489 e. The molecule has 7 heteroatoms. The number of hydrogen-bond donors (Lipinski definition) is 0. The number of ketones is 1.